The van der Waals surface area contributed by atoms with Gasteiger partial charge in [-0.05, 0) is 31.0 Å². The highest BCUT2D eigenvalue weighted by Gasteiger charge is 2.10. The van der Waals surface area contributed by atoms with E-state index in [-0.39, 0.29) is 5.82 Å². The lowest BCUT2D eigenvalue weighted by Gasteiger charge is -2.26. The van der Waals surface area contributed by atoms with Crippen LogP contribution >= 0.6 is 0 Å². The summed E-state index contributed by atoms with van der Waals surface area (Å²) in [5, 5.41) is 0. The molecule has 0 aliphatic carbocycles. The van der Waals surface area contributed by atoms with Crippen molar-refractivity contribution >= 4 is 11.4 Å². The molecule has 0 saturated heterocycles. The number of benzene rings is 1. The SMILES string of the molecule is CCCCN(CCCC)c1cc(F)ccc1N. The molecular formula is C14H23FN2. The van der Waals surface area contributed by atoms with Crippen LogP contribution in [0.1, 0.15) is 39.5 Å². The molecule has 96 valence electrons. The summed E-state index contributed by atoms with van der Waals surface area (Å²) in [6, 6.07) is 4.60. The van der Waals surface area contributed by atoms with Crippen molar-refractivity contribution in [3.63, 3.8) is 0 Å². The average molecular weight is 238 g/mol. The Hall–Kier alpha value is -1.25. The van der Waals surface area contributed by atoms with Gasteiger partial charge in [-0.2, -0.15) is 0 Å². The van der Waals surface area contributed by atoms with Crippen molar-refractivity contribution in [2.75, 3.05) is 23.7 Å². The summed E-state index contributed by atoms with van der Waals surface area (Å²) in [5.41, 5.74) is 7.43. The van der Waals surface area contributed by atoms with Gasteiger partial charge in [0.1, 0.15) is 5.82 Å². The summed E-state index contributed by atoms with van der Waals surface area (Å²) >= 11 is 0. The van der Waals surface area contributed by atoms with Crippen LogP contribution in [0.4, 0.5) is 15.8 Å². The first-order chi connectivity index (χ1) is 8.19. The summed E-state index contributed by atoms with van der Waals surface area (Å²) in [5.74, 6) is -0.216. The largest absolute Gasteiger partial charge is 0.397 e. The summed E-state index contributed by atoms with van der Waals surface area (Å²) in [6.45, 7) is 6.22. The van der Waals surface area contributed by atoms with Crippen LogP contribution in [-0.2, 0) is 0 Å². The molecule has 1 aromatic rings. The number of rotatable bonds is 7. The van der Waals surface area contributed by atoms with Crippen molar-refractivity contribution in [2.45, 2.75) is 39.5 Å². The number of hydrogen-bond acceptors (Lipinski definition) is 2. The fraction of sp³-hybridized carbons (Fsp3) is 0.571. The lowest BCUT2D eigenvalue weighted by Crippen LogP contribution is -2.26. The summed E-state index contributed by atoms with van der Waals surface area (Å²) in [7, 11) is 0. The number of nitrogens with two attached hydrogens (primary N) is 1. The highest BCUT2D eigenvalue weighted by Crippen LogP contribution is 2.24. The third kappa shape index (κ3) is 4.25. The topological polar surface area (TPSA) is 29.3 Å². The van der Waals surface area contributed by atoms with E-state index in [1.54, 1.807) is 12.1 Å². The molecule has 0 atom stereocenters. The van der Waals surface area contributed by atoms with E-state index in [9.17, 15) is 4.39 Å². The Labute approximate surface area is 104 Å². The van der Waals surface area contributed by atoms with E-state index in [0.29, 0.717) is 5.69 Å². The zero-order valence-corrected chi connectivity index (χ0v) is 10.9. The maximum Gasteiger partial charge on any atom is 0.125 e. The van der Waals surface area contributed by atoms with Crippen LogP contribution in [0.15, 0.2) is 18.2 Å². The third-order valence-electron chi connectivity index (χ3n) is 2.90. The molecule has 0 spiro atoms. The highest BCUT2D eigenvalue weighted by molar-refractivity contribution is 5.67. The third-order valence-corrected chi connectivity index (χ3v) is 2.90. The van der Waals surface area contributed by atoms with E-state index in [0.717, 1.165) is 44.5 Å². The summed E-state index contributed by atoms with van der Waals surface area (Å²) in [6.07, 6.45) is 4.50. The molecule has 0 fully saturated rings. The standard InChI is InChI=1S/C14H23FN2/c1-3-5-9-17(10-6-4-2)14-11-12(15)7-8-13(14)16/h7-8,11H,3-6,9-10,16H2,1-2H3. The predicted molar refractivity (Wildman–Crippen MR) is 72.8 cm³/mol. The molecule has 0 heterocycles. The molecule has 0 unspecified atom stereocenters. The van der Waals surface area contributed by atoms with Gasteiger partial charge >= 0.3 is 0 Å². The van der Waals surface area contributed by atoms with Crippen molar-refractivity contribution < 1.29 is 4.39 Å². The minimum absolute atomic E-state index is 0.216. The molecule has 17 heavy (non-hydrogen) atoms. The number of unbranched alkanes of at least 4 members (excludes halogenated alkanes) is 2. The van der Waals surface area contributed by atoms with Gasteiger partial charge in [0.2, 0.25) is 0 Å². The quantitative estimate of drug-likeness (QED) is 0.732. The maximum atomic E-state index is 13.3. The van der Waals surface area contributed by atoms with Gasteiger partial charge in [0, 0.05) is 13.1 Å². The molecule has 1 aromatic carbocycles. The Bertz CT molecular complexity index is 331. The van der Waals surface area contributed by atoms with Crippen LogP contribution in [0.3, 0.4) is 0 Å². The Morgan fingerprint density at radius 1 is 1.12 bits per heavy atom. The lowest BCUT2D eigenvalue weighted by molar-refractivity contribution is 0.624. The van der Waals surface area contributed by atoms with Gasteiger partial charge in [-0.1, -0.05) is 26.7 Å². The molecule has 0 aliphatic heterocycles. The number of hydrogen-bond donors (Lipinski definition) is 1. The van der Waals surface area contributed by atoms with E-state index in [2.05, 4.69) is 18.7 Å². The Morgan fingerprint density at radius 3 is 2.24 bits per heavy atom. The summed E-state index contributed by atoms with van der Waals surface area (Å²) in [4.78, 5) is 2.20. The fourth-order valence-corrected chi connectivity index (χ4v) is 1.84. The van der Waals surface area contributed by atoms with Crippen molar-refractivity contribution in [1.82, 2.24) is 0 Å². The molecule has 0 aromatic heterocycles. The lowest BCUT2D eigenvalue weighted by atomic mass is 10.2. The van der Waals surface area contributed by atoms with Crippen molar-refractivity contribution in [3.05, 3.63) is 24.0 Å². The monoisotopic (exact) mass is 238 g/mol. The van der Waals surface area contributed by atoms with E-state index in [4.69, 9.17) is 5.73 Å². The normalized spacial score (nSPS) is 10.5. The predicted octanol–water partition coefficient (Wildman–Crippen LogP) is 3.81. The van der Waals surface area contributed by atoms with Crippen LogP contribution < -0.4 is 10.6 Å². The minimum atomic E-state index is -0.216. The number of halogens is 1. The van der Waals surface area contributed by atoms with Gasteiger partial charge < -0.3 is 10.6 Å². The Morgan fingerprint density at radius 2 is 1.71 bits per heavy atom. The molecule has 3 heteroatoms. The van der Waals surface area contributed by atoms with Crippen molar-refractivity contribution in [2.24, 2.45) is 0 Å². The van der Waals surface area contributed by atoms with Crippen LogP contribution in [0, 0.1) is 5.82 Å². The maximum absolute atomic E-state index is 13.3. The van der Waals surface area contributed by atoms with E-state index >= 15 is 0 Å². The van der Waals surface area contributed by atoms with Gasteiger partial charge in [0.15, 0.2) is 0 Å². The second-order valence-electron chi connectivity index (χ2n) is 4.40. The minimum Gasteiger partial charge on any atom is -0.397 e. The smallest absolute Gasteiger partial charge is 0.125 e. The van der Waals surface area contributed by atoms with Gasteiger partial charge in [-0.3, -0.25) is 0 Å². The van der Waals surface area contributed by atoms with E-state index in [1.165, 1.54) is 6.07 Å². The van der Waals surface area contributed by atoms with Gasteiger partial charge in [0.25, 0.3) is 0 Å². The molecule has 0 amide bonds. The highest BCUT2D eigenvalue weighted by atomic mass is 19.1. The van der Waals surface area contributed by atoms with Gasteiger partial charge in [-0.25, -0.2) is 4.39 Å². The van der Waals surface area contributed by atoms with Crippen LogP contribution in [-0.4, -0.2) is 13.1 Å². The molecule has 0 saturated carbocycles. The number of nitrogens with zero attached hydrogens (tertiary/aromatic N) is 1. The first kappa shape index (κ1) is 13.8. The Balaban J connectivity index is 2.82. The zero-order valence-electron chi connectivity index (χ0n) is 10.9. The van der Waals surface area contributed by atoms with E-state index in [1.807, 2.05) is 0 Å². The van der Waals surface area contributed by atoms with Crippen molar-refractivity contribution in [1.29, 1.82) is 0 Å². The molecule has 1 rings (SSSR count). The van der Waals surface area contributed by atoms with Crippen LogP contribution in [0.2, 0.25) is 0 Å². The van der Waals surface area contributed by atoms with Crippen LogP contribution in [0.25, 0.3) is 0 Å². The number of nitrogen functional groups attached to an aromatic ring is 1. The molecule has 0 bridgehead atoms. The molecule has 0 aliphatic rings. The average Bonchev–Trinajstić information content (AvgIpc) is 2.33. The zero-order chi connectivity index (χ0) is 12.7. The molecule has 0 radical (unpaired) electrons. The first-order valence-corrected chi connectivity index (χ1v) is 6.49. The van der Waals surface area contributed by atoms with Gasteiger partial charge in [-0.15, -0.1) is 0 Å². The fourth-order valence-electron chi connectivity index (χ4n) is 1.84. The Kier molecular flexibility index (Phi) is 5.81. The second kappa shape index (κ2) is 7.15. The molecule has 2 nitrogen and oxygen atoms in total. The number of anilines is 2. The van der Waals surface area contributed by atoms with Crippen molar-refractivity contribution in [3.8, 4) is 0 Å². The first-order valence-electron chi connectivity index (χ1n) is 6.49. The summed E-state index contributed by atoms with van der Waals surface area (Å²) < 4.78 is 13.3. The van der Waals surface area contributed by atoms with E-state index < -0.39 is 0 Å². The molecular weight excluding hydrogens is 215 g/mol. The molecule has 2 N–H and O–H groups in total. The van der Waals surface area contributed by atoms with Gasteiger partial charge in [0.05, 0.1) is 11.4 Å². The second-order valence-corrected chi connectivity index (χ2v) is 4.40. The van der Waals surface area contributed by atoms with Crippen LogP contribution in [0.5, 0.6) is 0 Å².